The molecule has 0 heterocycles. The van der Waals surface area contributed by atoms with Crippen molar-refractivity contribution in [2.75, 3.05) is 18.8 Å². The predicted molar refractivity (Wildman–Crippen MR) is 76.8 cm³/mol. The van der Waals surface area contributed by atoms with Crippen molar-refractivity contribution in [2.24, 2.45) is 5.92 Å². The lowest BCUT2D eigenvalue weighted by Gasteiger charge is -2.23. The van der Waals surface area contributed by atoms with E-state index in [9.17, 15) is 13.2 Å². The van der Waals surface area contributed by atoms with Gasteiger partial charge in [0.25, 0.3) is 0 Å². The third-order valence-electron chi connectivity index (χ3n) is 3.28. The lowest BCUT2D eigenvalue weighted by atomic mass is 10.2. The lowest BCUT2D eigenvalue weighted by molar-refractivity contribution is -0.138. The third kappa shape index (κ3) is 6.48. The molecule has 6 heteroatoms. The number of rotatable bonds is 6. The molecule has 2 rings (SSSR count). The van der Waals surface area contributed by atoms with Crippen molar-refractivity contribution in [2.45, 2.75) is 32.0 Å². The van der Waals surface area contributed by atoms with Crippen LogP contribution >= 0.6 is 12.4 Å². The number of benzene rings is 1. The molecule has 0 saturated heterocycles. The highest BCUT2D eigenvalue weighted by Gasteiger charge is 2.30. The van der Waals surface area contributed by atoms with Gasteiger partial charge in [0, 0.05) is 25.3 Å². The van der Waals surface area contributed by atoms with Crippen LogP contribution in [0.1, 0.15) is 24.8 Å². The van der Waals surface area contributed by atoms with E-state index in [0.29, 0.717) is 18.2 Å². The van der Waals surface area contributed by atoms with Gasteiger partial charge in [0.15, 0.2) is 0 Å². The molecule has 114 valence electrons. The van der Waals surface area contributed by atoms with E-state index in [1.165, 1.54) is 0 Å². The zero-order valence-electron chi connectivity index (χ0n) is 11.2. The second-order valence-electron chi connectivity index (χ2n) is 5.29. The molecule has 2 nitrogen and oxygen atoms in total. The van der Waals surface area contributed by atoms with Gasteiger partial charge in [0.2, 0.25) is 0 Å². The molecule has 20 heavy (non-hydrogen) atoms. The number of alkyl halides is 3. The van der Waals surface area contributed by atoms with E-state index in [2.05, 4.69) is 0 Å². The quantitative estimate of drug-likeness (QED) is 0.809. The van der Waals surface area contributed by atoms with Crippen LogP contribution in [0.15, 0.2) is 24.3 Å². The SMILES string of the molecule is Cl.Nc1cccc(CN(CCC(F)(F)F)CC2CC2)c1. The second kappa shape index (κ2) is 7.18. The zero-order valence-corrected chi connectivity index (χ0v) is 12.0. The Morgan fingerprint density at radius 3 is 2.50 bits per heavy atom. The van der Waals surface area contributed by atoms with Crippen molar-refractivity contribution < 1.29 is 13.2 Å². The summed E-state index contributed by atoms with van der Waals surface area (Å²) in [4.78, 5) is 1.89. The monoisotopic (exact) mass is 308 g/mol. The summed E-state index contributed by atoms with van der Waals surface area (Å²) in [7, 11) is 0. The minimum absolute atomic E-state index is 0. The van der Waals surface area contributed by atoms with Gasteiger partial charge < -0.3 is 5.73 Å². The molecule has 0 bridgehead atoms. The van der Waals surface area contributed by atoms with Crippen molar-refractivity contribution in [3.8, 4) is 0 Å². The van der Waals surface area contributed by atoms with Crippen molar-refractivity contribution in [3.63, 3.8) is 0 Å². The Balaban J connectivity index is 0.00000200. The highest BCUT2D eigenvalue weighted by molar-refractivity contribution is 5.85. The van der Waals surface area contributed by atoms with Crippen LogP contribution in [-0.4, -0.2) is 24.2 Å². The fourth-order valence-electron chi connectivity index (χ4n) is 2.14. The summed E-state index contributed by atoms with van der Waals surface area (Å²) in [5, 5.41) is 0. The molecule has 0 atom stereocenters. The number of hydrogen-bond acceptors (Lipinski definition) is 2. The molecule has 0 aromatic heterocycles. The first kappa shape index (κ1) is 17.1. The molecule has 0 radical (unpaired) electrons. The summed E-state index contributed by atoms with van der Waals surface area (Å²) < 4.78 is 37.0. The van der Waals surface area contributed by atoms with E-state index in [4.69, 9.17) is 5.73 Å². The largest absolute Gasteiger partial charge is 0.399 e. The van der Waals surface area contributed by atoms with Crippen molar-refractivity contribution in [1.29, 1.82) is 0 Å². The van der Waals surface area contributed by atoms with Crippen LogP contribution in [0, 0.1) is 5.92 Å². The Labute approximate surface area is 123 Å². The Bertz CT molecular complexity index is 419. The van der Waals surface area contributed by atoms with Crippen LogP contribution in [-0.2, 0) is 6.54 Å². The first-order valence-corrected chi connectivity index (χ1v) is 6.56. The summed E-state index contributed by atoms with van der Waals surface area (Å²) in [6.45, 7) is 1.36. The molecule has 1 aliphatic rings. The van der Waals surface area contributed by atoms with Gasteiger partial charge in [0.05, 0.1) is 6.42 Å². The van der Waals surface area contributed by atoms with E-state index >= 15 is 0 Å². The highest BCUT2D eigenvalue weighted by Crippen LogP contribution is 2.31. The summed E-state index contributed by atoms with van der Waals surface area (Å²) in [5.41, 5.74) is 7.32. The molecular weight excluding hydrogens is 289 g/mol. The van der Waals surface area contributed by atoms with Crippen LogP contribution in [0.25, 0.3) is 0 Å². The molecule has 1 aromatic rings. The van der Waals surface area contributed by atoms with E-state index in [0.717, 1.165) is 24.9 Å². The fraction of sp³-hybridized carbons (Fsp3) is 0.571. The minimum Gasteiger partial charge on any atom is -0.399 e. The molecule has 2 N–H and O–H groups in total. The van der Waals surface area contributed by atoms with Gasteiger partial charge in [-0.15, -0.1) is 12.4 Å². The molecular formula is C14H20ClF3N2. The predicted octanol–water partition coefficient (Wildman–Crippen LogP) is 3.86. The number of nitrogens with two attached hydrogens (primary N) is 1. The van der Waals surface area contributed by atoms with Crippen LogP contribution in [0.3, 0.4) is 0 Å². The lowest BCUT2D eigenvalue weighted by Crippen LogP contribution is -2.29. The first-order valence-electron chi connectivity index (χ1n) is 6.56. The van der Waals surface area contributed by atoms with Gasteiger partial charge in [0.1, 0.15) is 0 Å². The van der Waals surface area contributed by atoms with Gasteiger partial charge in [-0.05, 0) is 36.5 Å². The van der Waals surface area contributed by atoms with Gasteiger partial charge in [-0.3, -0.25) is 4.90 Å². The fourth-order valence-corrected chi connectivity index (χ4v) is 2.14. The topological polar surface area (TPSA) is 29.3 Å². The summed E-state index contributed by atoms with van der Waals surface area (Å²) in [6, 6.07) is 7.35. The van der Waals surface area contributed by atoms with Gasteiger partial charge in [-0.1, -0.05) is 12.1 Å². The Morgan fingerprint density at radius 1 is 1.25 bits per heavy atom. The molecule has 1 fully saturated rings. The minimum atomic E-state index is -4.09. The maximum Gasteiger partial charge on any atom is 0.390 e. The summed E-state index contributed by atoms with van der Waals surface area (Å²) >= 11 is 0. The Hall–Kier alpha value is -0.940. The average Bonchev–Trinajstić information content (AvgIpc) is 3.09. The number of hydrogen-bond donors (Lipinski definition) is 1. The second-order valence-corrected chi connectivity index (χ2v) is 5.29. The van der Waals surface area contributed by atoms with E-state index in [1.807, 2.05) is 23.1 Å². The zero-order chi connectivity index (χ0) is 13.9. The average molecular weight is 309 g/mol. The Morgan fingerprint density at radius 2 is 1.95 bits per heavy atom. The smallest absolute Gasteiger partial charge is 0.390 e. The van der Waals surface area contributed by atoms with E-state index < -0.39 is 12.6 Å². The van der Waals surface area contributed by atoms with Crippen LogP contribution in [0.5, 0.6) is 0 Å². The van der Waals surface area contributed by atoms with Crippen LogP contribution in [0.2, 0.25) is 0 Å². The Kier molecular flexibility index (Phi) is 6.14. The number of nitrogen functional groups attached to an aromatic ring is 1. The molecule has 0 spiro atoms. The maximum atomic E-state index is 12.3. The number of anilines is 1. The van der Waals surface area contributed by atoms with Crippen LogP contribution in [0.4, 0.5) is 18.9 Å². The molecule has 1 saturated carbocycles. The molecule has 0 aliphatic heterocycles. The van der Waals surface area contributed by atoms with Crippen molar-refractivity contribution >= 4 is 18.1 Å². The number of nitrogens with zero attached hydrogens (tertiary/aromatic N) is 1. The van der Waals surface area contributed by atoms with Gasteiger partial charge in [-0.25, -0.2) is 0 Å². The number of halogens is 4. The van der Waals surface area contributed by atoms with Gasteiger partial charge >= 0.3 is 6.18 Å². The normalized spacial score (nSPS) is 15.2. The van der Waals surface area contributed by atoms with E-state index in [-0.39, 0.29) is 19.0 Å². The highest BCUT2D eigenvalue weighted by atomic mass is 35.5. The standard InChI is InChI=1S/C14H19F3N2.ClH/c15-14(16,17)6-7-19(9-11-4-5-11)10-12-2-1-3-13(18)8-12;/h1-3,8,11H,4-7,9-10,18H2;1H. The maximum absolute atomic E-state index is 12.3. The third-order valence-corrected chi connectivity index (χ3v) is 3.28. The first-order chi connectivity index (χ1) is 8.92. The van der Waals surface area contributed by atoms with Gasteiger partial charge in [-0.2, -0.15) is 13.2 Å². The molecule has 1 aromatic carbocycles. The summed E-state index contributed by atoms with van der Waals surface area (Å²) in [5.74, 6) is 0.578. The molecule has 1 aliphatic carbocycles. The van der Waals surface area contributed by atoms with E-state index in [1.54, 1.807) is 6.07 Å². The molecule has 0 amide bonds. The van der Waals surface area contributed by atoms with Crippen molar-refractivity contribution in [3.05, 3.63) is 29.8 Å². The molecule has 0 unspecified atom stereocenters. The van der Waals surface area contributed by atoms with Crippen LogP contribution < -0.4 is 5.73 Å². The summed E-state index contributed by atoms with van der Waals surface area (Å²) in [6.07, 6.45) is -2.56. The van der Waals surface area contributed by atoms with Crippen molar-refractivity contribution in [1.82, 2.24) is 4.90 Å².